The van der Waals surface area contributed by atoms with Crippen LogP contribution in [-0.4, -0.2) is 84.3 Å². The smallest absolute Gasteiger partial charge is 0.414 e. The van der Waals surface area contributed by atoms with Gasteiger partial charge in [0.25, 0.3) is 5.91 Å². The number of nitrogens with zero attached hydrogens (tertiary/aromatic N) is 4. The lowest BCUT2D eigenvalue weighted by atomic mass is 10.2. The van der Waals surface area contributed by atoms with Gasteiger partial charge < -0.3 is 35.1 Å². The second-order valence-corrected chi connectivity index (χ2v) is 8.20. The van der Waals surface area contributed by atoms with Gasteiger partial charge in [0.2, 0.25) is 5.91 Å². The summed E-state index contributed by atoms with van der Waals surface area (Å²) in [5, 5.41) is 9.88. The van der Waals surface area contributed by atoms with Crippen LogP contribution in [0.2, 0.25) is 0 Å². The number of aromatic nitrogens is 3. The third kappa shape index (κ3) is 6.65. The molecule has 1 aliphatic heterocycles. The van der Waals surface area contributed by atoms with E-state index < -0.39 is 47.4 Å². The minimum absolute atomic E-state index is 0.00267. The van der Waals surface area contributed by atoms with Gasteiger partial charge in [0.05, 0.1) is 38.6 Å². The Hall–Kier alpha value is -5.02. The number of methoxy groups -OCH3 is 1. The molecule has 39 heavy (non-hydrogen) atoms. The predicted molar refractivity (Wildman–Crippen MR) is 131 cm³/mol. The van der Waals surface area contributed by atoms with Crippen LogP contribution < -0.4 is 26.2 Å². The maximum atomic E-state index is 14.6. The first kappa shape index (κ1) is 27.0. The fourth-order valence-electron chi connectivity index (χ4n) is 3.65. The van der Waals surface area contributed by atoms with Crippen LogP contribution in [0.5, 0.6) is 0 Å². The average Bonchev–Trinajstić information content (AvgIpc) is 3.52. The molecule has 206 valence electrons. The largest absolute Gasteiger partial charge is 0.453 e. The quantitative estimate of drug-likeness (QED) is 0.267. The Kier molecular flexibility index (Phi) is 8.33. The number of amides is 4. The maximum Gasteiger partial charge on any atom is 0.414 e. The van der Waals surface area contributed by atoms with E-state index in [1.165, 1.54) is 25.7 Å². The van der Waals surface area contributed by atoms with Gasteiger partial charge in [-0.1, -0.05) is 0 Å². The van der Waals surface area contributed by atoms with Crippen LogP contribution in [-0.2, 0) is 14.3 Å². The van der Waals surface area contributed by atoms with E-state index in [1.54, 1.807) is 10.6 Å². The maximum absolute atomic E-state index is 14.6. The van der Waals surface area contributed by atoms with E-state index in [0.29, 0.717) is 5.65 Å². The highest BCUT2D eigenvalue weighted by molar-refractivity contribution is 5.95. The number of anilines is 2. The number of carbonyl (C=O) groups is 4. The fraction of sp³-hybridized carbons (Fsp3) is 0.304. The van der Waals surface area contributed by atoms with Gasteiger partial charge in [-0.3, -0.25) is 19.5 Å². The molecule has 3 heterocycles. The van der Waals surface area contributed by atoms with Gasteiger partial charge in [0.15, 0.2) is 17.3 Å². The van der Waals surface area contributed by atoms with E-state index in [4.69, 9.17) is 4.74 Å². The van der Waals surface area contributed by atoms with E-state index in [2.05, 4.69) is 36.0 Å². The summed E-state index contributed by atoms with van der Waals surface area (Å²) in [6.45, 7) is -0.426. The first-order valence-corrected chi connectivity index (χ1v) is 11.6. The lowest BCUT2D eigenvalue weighted by Crippen LogP contribution is -2.38. The van der Waals surface area contributed by atoms with Crippen molar-refractivity contribution in [2.75, 3.05) is 50.1 Å². The minimum Gasteiger partial charge on any atom is -0.453 e. The third-order valence-electron chi connectivity index (χ3n) is 5.53. The summed E-state index contributed by atoms with van der Waals surface area (Å²) in [5.41, 5.74) is 0.0803. The number of alkyl carbamates (subject to hydrolysis) is 1. The zero-order valence-electron chi connectivity index (χ0n) is 20.6. The van der Waals surface area contributed by atoms with Crippen LogP contribution in [0.3, 0.4) is 0 Å². The molecule has 1 atom stereocenters. The molecule has 4 amide bonds. The van der Waals surface area contributed by atoms with Crippen molar-refractivity contribution in [1.29, 1.82) is 0 Å². The van der Waals surface area contributed by atoms with Crippen LogP contribution >= 0.6 is 0 Å². The summed E-state index contributed by atoms with van der Waals surface area (Å²) in [6, 6.07) is 1.93. The zero-order chi connectivity index (χ0) is 27.9. The lowest BCUT2D eigenvalue weighted by molar-refractivity contribution is -0.120. The van der Waals surface area contributed by atoms with Crippen LogP contribution in [0.15, 0.2) is 36.9 Å². The van der Waals surface area contributed by atoms with Gasteiger partial charge >= 0.3 is 12.2 Å². The molecule has 1 fully saturated rings. The molecule has 1 aliphatic rings. The van der Waals surface area contributed by atoms with Crippen LogP contribution in [0.25, 0.3) is 5.65 Å². The summed E-state index contributed by atoms with van der Waals surface area (Å²) in [6.07, 6.45) is 3.89. The number of halogens is 2. The number of hydrogen-bond acceptors (Lipinski definition) is 9. The molecule has 4 N–H and O–H groups in total. The number of benzene rings is 1. The summed E-state index contributed by atoms with van der Waals surface area (Å²) in [4.78, 5) is 56.6. The highest BCUT2D eigenvalue weighted by Gasteiger charge is 2.33. The fourth-order valence-corrected chi connectivity index (χ4v) is 3.65. The molecule has 0 saturated carbocycles. The number of imidazole rings is 1. The Morgan fingerprint density at radius 3 is 2.64 bits per heavy atom. The molecular weight excluding hydrogens is 522 g/mol. The van der Waals surface area contributed by atoms with E-state index in [-0.39, 0.29) is 44.1 Å². The molecule has 3 aromatic rings. The van der Waals surface area contributed by atoms with Crippen molar-refractivity contribution in [3.63, 3.8) is 0 Å². The van der Waals surface area contributed by atoms with Crippen LogP contribution in [0.4, 0.5) is 29.7 Å². The highest BCUT2D eigenvalue weighted by Crippen LogP contribution is 2.28. The van der Waals surface area contributed by atoms with E-state index in [9.17, 15) is 28.0 Å². The highest BCUT2D eigenvalue weighted by atomic mass is 19.1. The number of hydrogen-bond donors (Lipinski definition) is 4. The molecule has 0 spiro atoms. The molecule has 1 saturated heterocycles. The summed E-state index contributed by atoms with van der Waals surface area (Å²) >= 11 is 0. The topological polar surface area (TPSA) is 168 Å². The van der Waals surface area contributed by atoms with E-state index in [0.717, 1.165) is 17.0 Å². The van der Waals surface area contributed by atoms with Gasteiger partial charge in [-0.05, 0) is 0 Å². The van der Waals surface area contributed by atoms with Gasteiger partial charge in [-0.2, -0.15) is 0 Å². The first-order chi connectivity index (χ1) is 18.7. The summed E-state index contributed by atoms with van der Waals surface area (Å²) < 4.78 is 40.4. The van der Waals surface area contributed by atoms with Crippen molar-refractivity contribution in [2.45, 2.75) is 6.10 Å². The molecule has 1 aromatic carbocycles. The molecule has 2 aromatic heterocycles. The Balaban J connectivity index is 1.22. The SMILES string of the molecule is COC(=O)NC[C@H]1CN(c2cc(F)c(NCCNC(=O)CNC(=O)c3cn4ccncc4n3)c(F)c2)C(=O)O1. The molecule has 14 nitrogen and oxygen atoms in total. The Morgan fingerprint density at radius 1 is 1.15 bits per heavy atom. The Bertz CT molecular complexity index is 1340. The summed E-state index contributed by atoms with van der Waals surface area (Å²) in [5.74, 6) is -3.00. The monoisotopic (exact) mass is 546 g/mol. The number of nitrogens with one attached hydrogen (secondary N) is 4. The van der Waals surface area contributed by atoms with Crippen molar-refractivity contribution in [3.8, 4) is 0 Å². The summed E-state index contributed by atoms with van der Waals surface area (Å²) in [7, 11) is 1.18. The first-order valence-electron chi connectivity index (χ1n) is 11.6. The molecule has 0 radical (unpaired) electrons. The lowest BCUT2D eigenvalue weighted by Gasteiger charge is -2.16. The van der Waals surface area contributed by atoms with Crippen molar-refractivity contribution in [1.82, 2.24) is 30.3 Å². The third-order valence-corrected chi connectivity index (χ3v) is 5.53. The van der Waals surface area contributed by atoms with Gasteiger partial charge in [-0.15, -0.1) is 0 Å². The second-order valence-electron chi connectivity index (χ2n) is 8.20. The normalized spacial score (nSPS) is 14.6. The van der Waals surface area contributed by atoms with Gasteiger partial charge in [0, 0.05) is 43.8 Å². The number of cyclic esters (lactones) is 1. The van der Waals surface area contributed by atoms with Gasteiger partial charge in [0.1, 0.15) is 17.5 Å². The Morgan fingerprint density at radius 2 is 1.92 bits per heavy atom. The predicted octanol–water partition coefficient (Wildman–Crippen LogP) is 0.647. The van der Waals surface area contributed by atoms with E-state index in [1.807, 2.05) is 0 Å². The number of fused-ring (bicyclic) bond motifs is 1. The molecule has 0 unspecified atom stereocenters. The number of ether oxygens (including phenoxy) is 2. The van der Waals surface area contributed by atoms with Crippen molar-refractivity contribution >= 4 is 41.0 Å². The van der Waals surface area contributed by atoms with Crippen LogP contribution in [0, 0.1) is 11.6 Å². The number of rotatable bonds is 10. The molecule has 4 rings (SSSR count). The van der Waals surface area contributed by atoms with E-state index >= 15 is 0 Å². The molecule has 0 aliphatic carbocycles. The van der Waals surface area contributed by atoms with Crippen molar-refractivity contribution in [2.24, 2.45) is 0 Å². The molecule has 16 heteroatoms. The van der Waals surface area contributed by atoms with Crippen molar-refractivity contribution in [3.05, 3.63) is 54.2 Å². The second kappa shape index (κ2) is 12.0. The molecular formula is C23H24F2N8O6. The average molecular weight is 546 g/mol. The van der Waals surface area contributed by atoms with Crippen molar-refractivity contribution < 1.29 is 37.4 Å². The number of carbonyl (C=O) groups excluding carboxylic acids is 4. The van der Waals surface area contributed by atoms with Gasteiger partial charge in [-0.25, -0.2) is 23.4 Å². The van der Waals surface area contributed by atoms with Crippen LogP contribution in [0.1, 0.15) is 10.5 Å². The molecule has 0 bridgehead atoms. The Labute approximate surface area is 219 Å². The minimum atomic E-state index is -0.963. The standard InChI is InChI=1S/C23H24F2N8O6/c1-38-22(36)30-8-14-11-33(23(37)39-14)13-6-15(24)20(16(25)7-13)28-3-2-27-19(34)10-29-21(35)17-12-32-5-4-26-9-18(32)31-17/h4-7,9,12,14,28H,2-3,8,10-11H2,1H3,(H,27,34)(H,29,35)(H,30,36)/t14-/m0/s1. The zero-order valence-corrected chi connectivity index (χ0v) is 20.6.